The number of nitrogens with zero attached hydrogens (tertiary/aromatic N) is 1. The number of thioether (sulfide) groups is 1. The van der Waals surface area contributed by atoms with Crippen molar-refractivity contribution in [2.75, 3.05) is 18.7 Å². The van der Waals surface area contributed by atoms with E-state index in [0.717, 1.165) is 11.3 Å². The van der Waals surface area contributed by atoms with E-state index in [4.69, 9.17) is 32.9 Å². The number of fused-ring (bicyclic) bond motifs is 1. The molecule has 25 heavy (non-hydrogen) atoms. The molecule has 0 radical (unpaired) electrons. The van der Waals surface area contributed by atoms with Crippen molar-refractivity contribution in [1.29, 1.82) is 0 Å². The lowest BCUT2D eigenvalue weighted by Gasteiger charge is -2.48. The molecule has 0 aliphatic carbocycles. The molecule has 1 amide bonds. The zero-order valence-corrected chi connectivity index (χ0v) is 15.7. The number of halogens is 2. The van der Waals surface area contributed by atoms with E-state index in [0.29, 0.717) is 11.3 Å². The molecule has 9 heteroatoms. The van der Waals surface area contributed by atoms with Gasteiger partial charge in [-0.3, -0.25) is 9.69 Å². The van der Waals surface area contributed by atoms with Gasteiger partial charge in [0.25, 0.3) is 0 Å². The summed E-state index contributed by atoms with van der Waals surface area (Å²) in [6.45, 7) is 0.0961. The van der Waals surface area contributed by atoms with Gasteiger partial charge in [0.1, 0.15) is 29.5 Å². The van der Waals surface area contributed by atoms with E-state index in [1.807, 2.05) is 12.1 Å². The van der Waals surface area contributed by atoms with Gasteiger partial charge in [-0.05, 0) is 35.0 Å². The molecular formula is C16H16Cl2N2O4S. The molecule has 6 nitrogen and oxygen atoms in total. The first-order chi connectivity index (χ1) is 12.1. The van der Waals surface area contributed by atoms with Crippen molar-refractivity contribution in [2.45, 2.75) is 18.0 Å². The van der Waals surface area contributed by atoms with E-state index in [2.05, 4.69) is 4.84 Å². The van der Waals surface area contributed by atoms with E-state index >= 15 is 0 Å². The zero-order valence-electron chi connectivity index (χ0n) is 13.3. The van der Waals surface area contributed by atoms with E-state index in [1.165, 1.54) is 16.7 Å². The van der Waals surface area contributed by atoms with Gasteiger partial charge >= 0.3 is 5.97 Å². The number of carbonyl (C=O) groups is 2. The highest BCUT2D eigenvalue weighted by Gasteiger charge is 2.53. The largest absolute Gasteiger partial charge is 0.497 e. The summed E-state index contributed by atoms with van der Waals surface area (Å²) in [6, 6.07) is 6.69. The maximum atomic E-state index is 12.6. The Bertz CT molecular complexity index is 711. The summed E-state index contributed by atoms with van der Waals surface area (Å²) >= 11 is 13.1. The maximum absolute atomic E-state index is 12.6. The summed E-state index contributed by atoms with van der Waals surface area (Å²) in [5, 5.41) is -0.222. The first-order valence-electron chi connectivity index (χ1n) is 7.49. The van der Waals surface area contributed by atoms with E-state index in [1.54, 1.807) is 19.2 Å². The molecule has 0 spiro atoms. The molecule has 0 bridgehead atoms. The molecule has 1 saturated heterocycles. The molecule has 0 unspecified atom stereocenters. The molecule has 134 valence electrons. The van der Waals surface area contributed by atoms with Crippen molar-refractivity contribution < 1.29 is 19.1 Å². The van der Waals surface area contributed by atoms with Crippen LogP contribution in [0.15, 0.2) is 35.5 Å². The van der Waals surface area contributed by atoms with Gasteiger partial charge in [0.05, 0.1) is 7.11 Å². The van der Waals surface area contributed by atoms with Crippen LogP contribution in [0.1, 0.15) is 5.56 Å². The SMILES string of the molecule is COc1ccc(COC(=O)C2=C(CCl)CS[C@@H]3[C@@H](NCl)C(=O)N23)cc1. The van der Waals surface area contributed by atoms with Crippen LogP contribution >= 0.6 is 35.1 Å². The van der Waals surface area contributed by atoms with Gasteiger partial charge in [0.15, 0.2) is 0 Å². The van der Waals surface area contributed by atoms with Gasteiger partial charge in [-0.15, -0.1) is 23.4 Å². The summed E-state index contributed by atoms with van der Waals surface area (Å²) in [6.07, 6.45) is 0. The topological polar surface area (TPSA) is 67.9 Å². The van der Waals surface area contributed by atoms with Crippen LogP contribution in [0.5, 0.6) is 5.75 Å². The number of rotatable bonds is 6. The summed E-state index contributed by atoms with van der Waals surface area (Å²) in [4.78, 5) is 28.7. The van der Waals surface area contributed by atoms with Gasteiger partial charge in [0, 0.05) is 11.6 Å². The maximum Gasteiger partial charge on any atom is 0.355 e. The Kier molecular flexibility index (Phi) is 5.78. The smallest absolute Gasteiger partial charge is 0.355 e. The zero-order chi connectivity index (χ0) is 18.0. The molecule has 2 atom stereocenters. The van der Waals surface area contributed by atoms with Crippen LogP contribution in [0.4, 0.5) is 0 Å². The van der Waals surface area contributed by atoms with Gasteiger partial charge in [0.2, 0.25) is 5.91 Å². The Labute approximate surface area is 159 Å². The molecule has 1 aromatic carbocycles. The molecule has 1 fully saturated rings. The van der Waals surface area contributed by atoms with Crippen LogP contribution in [0.2, 0.25) is 0 Å². The number of amides is 1. The number of nitrogens with one attached hydrogen (secondary N) is 1. The molecule has 2 heterocycles. The lowest BCUT2D eigenvalue weighted by Crippen LogP contribution is -2.68. The molecular weight excluding hydrogens is 387 g/mol. The predicted molar refractivity (Wildman–Crippen MR) is 96.4 cm³/mol. The molecule has 2 aliphatic rings. The summed E-state index contributed by atoms with van der Waals surface area (Å²) < 4.78 is 10.5. The normalized spacial score (nSPS) is 22.4. The number of hydrogen-bond acceptors (Lipinski definition) is 6. The van der Waals surface area contributed by atoms with Crippen molar-refractivity contribution in [2.24, 2.45) is 0 Å². The van der Waals surface area contributed by atoms with Crippen LogP contribution in [0, 0.1) is 0 Å². The number of alkyl halides is 1. The van der Waals surface area contributed by atoms with Crippen molar-refractivity contribution in [3.63, 3.8) is 0 Å². The summed E-state index contributed by atoms with van der Waals surface area (Å²) in [7, 11) is 1.58. The number of hydrogen-bond donors (Lipinski definition) is 1. The summed E-state index contributed by atoms with van der Waals surface area (Å²) in [5.41, 5.74) is 1.74. The fraction of sp³-hybridized carbons (Fsp3) is 0.375. The third kappa shape index (κ3) is 3.46. The Hall–Kier alpha value is -1.41. The highest BCUT2D eigenvalue weighted by molar-refractivity contribution is 8.00. The van der Waals surface area contributed by atoms with Crippen molar-refractivity contribution in [1.82, 2.24) is 9.74 Å². The standard InChI is InChI=1S/C16H16Cl2N2O4S/c1-23-11-4-2-9(3-5-11)7-24-16(22)13-10(6-17)8-25-15-12(19-18)14(21)20(13)15/h2-5,12,15,19H,6-8H2,1H3/t12-,15+/m0/s1. The number of β-lactam (4-membered cyclic amide) rings is 1. The second-order valence-electron chi connectivity index (χ2n) is 5.51. The second kappa shape index (κ2) is 7.86. The number of benzene rings is 1. The predicted octanol–water partition coefficient (Wildman–Crippen LogP) is 2.26. The first-order valence-corrected chi connectivity index (χ1v) is 9.45. The van der Waals surface area contributed by atoms with Crippen molar-refractivity contribution in [3.8, 4) is 5.75 Å². The minimum absolute atomic E-state index is 0.0961. The van der Waals surface area contributed by atoms with E-state index < -0.39 is 12.0 Å². The lowest BCUT2D eigenvalue weighted by molar-refractivity contribution is -0.152. The van der Waals surface area contributed by atoms with Crippen LogP contribution in [-0.2, 0) is 20.9 Å². The number of carbonyl (C=O) groups excluding carboxylic acids is 2. The van der Waals surface area contributed by atoms with Gasteiger partial charge in [-0.25, -0.2) is 9.63 Å². The number of ether oxygens (including phenoxy) is 2. The molecule has 3 rings (SSSR count). The molecule has 1 N–H and O–H groups in total. The third-order valence-electron chi connectivity index (χ3n) is 4.05. The Morgan fingerprint density at radius 2 is 2.12 bits per heavy atom. The quantitative estimate of drug-likeness (QED) is 0.340. The Morgan fingerprint density at radius 1 is 1.40 bits per heavy atom. The van der Waals surface area contributed by atoms with Gasteiger partial charge in [-0.2, -0.15) is 0 Å². The monoisotopic (exact) mass is 402 g/mol. The van der Waals surface area contributed by atoms with E-state index in [9.17, 15) is 9.59 Å². The van der Waals surface area contributed by atoms with Crippen LogP contribution in [0.3, 0.4) is 0 Å². The van der Waals surface area contributed by atoms with Crippen LogP contribution < -0.4 is 9.57 Å². The van der Waals surface area contributed by atoms with Gasteiger partial charge in [-0.1, -0.05) is 12.1 Å². The average molecular weight is 403 g/mol. The molecule has 1 aromatic rings. The van der Waals surface area contributed by atoms with Crippen LogP contribution in [-0.4, -0.2) is 46.9 Å². The average Bonchev–Trinajstić information content (AvgIpc) is 2.65. The highest BCUT2D eigenvalue weighted by Crippen LogP contribution is 2.41. The third-order valence-corrected chi connectivity index (χ3v) is 5.95. The van der Waals surface area contributed by atoms with Gasteiger partial charge < -0.3 is 9.47 Å². The Morgan fingerprint density at radius 3 is 2.72 bits per heavy atom. The van der Waals surface area contributed by atoms with Crippen LogP contribution in [0.25, 0.3) is 0 Å². The van der Waals surface area contributed by atoms with Crippen molar-refractivity contribution >= 4 is 47.0 Å². The minimum atomic E-state index is -0.557. The highest BCUT2D eigenvalue weighted by atomic mass is 35.5. The first kappa shape index (κ1) is 18.4. The number of esters is 1. The lowest BCUT2D eigenvalue weighted by atomic mass is 10.0. The fourth-order valence-corrected chi connectivity index (χ4v) is 4.65. The van der Waals surface area contributed by atoms with Crippen molar-refractivity contribution in [3.05, 3.63) is 41.1 Å². The molecule has 0 aromatic heterocycles. The fourth-order valence-electron chi connectivity index (χ4n) is 2.68. The molecule has 0 saturated carbocycles. The summed E-state index contributed by atoms with van der Waals surface area (Å²) in [5.74, 6) is 0.625. The Balaban J connectivity index is 1.72. The minimum Gasteiger partial charge on any atom is -0.497 e. The van der Waals surface area contributed by atoms with E-state index in [-0.39, 0.29) is 29.5 Å². The molecule has 2 aliphatic heterocycles. The second-order valence-corrected chi connectivity index (χ2v) is 7.10. The number of methoxy groups -OCH3 is 1.